The molecule has 0 radical (unpaired) electrons. The summed E-state index contributed by atoms with van der Waals surface area (Å²) in [6.45, 7) is -0.612. The van der Waals surface area contributed by atoms with E-state index in [0.717, 1.165) is 0 Å². The number of nitrogens with one attached hydrogen (secondary N) is 1. The van der Waals surface area contributed by atoms with E-state index in [0.29, 0.717) is 0 Å². The molecular weight excluding hydrogens is 288 g/mol. The van der Waals surface area contributed by atoms with Crippen LogP contribution in [0.15, 0.2) is 4.99 Å². The highest BCUT2D eigenvalue weighted by molar-refractivity contribution is 6.00. The van der Waals surface area contributed by atoms with Crippen molar-refractivity contribution in [3.05, 3.63) is 0 Å². The third-order valence-electron chi connectivity index (χ3n) is 3.24. The summed E-state index contributed by atoms with van der Waals surface area (Å²) in [5.41, 5.74) is 10.9. The molecule has 120 valence electrons. The monoisotopic (exact) mass is 306 g/mol. The normalized spacial score (nSPS) is 44.1. The number of hydrogen-bond acceptors (Lipinski definition) is 10. The molecule has 2 unspecified atom stereocenters. The number of aliphatic imine (C=N–C) groups is 1. The number of ether oxygens (including phenoxy) is 2. The zero-order valence-electron chi connectivity index (χ0n) is 10.9. The van der Waals surface area contributed by atoms with E-state index in [1.807, 2.05) is 0 Å². The van der Waals surface area contributed by atoms with Crippen molar-refractivity contribution in [2.75, 3.05) is 6.61 Å². The van der Waals surface area contributed by atoms with Crippen molar-refractivity contribution < 1.29 is 34.7 Å². The Morgan fingerprint density at radius 3 is 2.52 bits per heavy atom. The van der Waals surface area contributed by atoms with Gasteiger partial charge in [-0.2, -0.15) is 0 Å². The Morgan fingerprint density at radius 1 is 1.29 bits per heavy atom. The number of nitrogens with two attached hydrogens (primary N) is 2. The number of carbonyl (C=O) groups excluding carboxylic acids is 1. The average molecular weight is 306 g/mol. The maximum Gasteiger partial charge on any atom is 0.259 e. The fourth-order valence-electron chi connectivity index (χ4n) is 2.08. The van der Waals surface area contributed by atoms with Crippen LogP contribution in [-0.4, -0.2) is 81.9 Å². The van der Waals surface area contributed by atoms with Crippen molar-refractivity contribution in [2.24, 2.45) is 16.5 Å². The fourth-order valence-corrected chi connectivity index (χ4v) is 2.08. The van der Waals surface area contributed by atoms with Gasteiger partial charge in [-0.05, 0) is 0 Å². The molecule has 2 aliphatic rings. The van der Waals surface area contributed by atoms with Crippen LogP contribution in [0.5, 0.6) is 0 Å². The number of aliphatic hydroxyl groups excluding tert-OH is 4. The smallest absolute Gasteiger partial charge is 0.259 e. The highest BCUT2D eigenvalue weighted by Crippen LogP contribution is 2.23. The number of hydrogen-bond donors (Lipinski definition) is 7. The lowest BCUT2D eigenvalue weighted by Crippen LogP contribution is -2.63. The van der Waals surface area contributed by atoms with Crippen LogP contribution >= 0.6 is 0 Å². The molecule has 2 aliphatic heterocycles. The third-order valence-corrected chi connectivity index (χ3v) is 3.24. The summed E-state index contributed by atoms with van der Waals surface area (Å²) < 4.78 is 10.3. The van der Waals surface area contributed by atoms with Gasteiger partial charge in [-0.3, -0.25) is 10.1 Å². The Balaban J connectivity index is 2.09. The molecule has 9 N–H and O–H groups in total. The standard InChI is InChI=1S/C10H18N4O7/c11-7-6(8(19)14-10(12)13-7)21-9-5(18)4(17)3(16)2(1-15)20-9/h2-7,9,15-18H,1,11H2,(H3,12,13,14,19)/t2-,3-,4+,5-,6?,7?,9+/m1/s1. The van der Waals surface area contributed by atoms with E-state index in [-0.39, 0.29) is 5.96 Å². The Kier molecular flexibility index (Phi) is 4.73. The van der Waals surface area contributed by atoms with Gasteiger partial charge in [0.25, 0.3) is 5.91 Å². The van der Waals surface area contributed by atoms with Gasteiger partial charge < -0.3 is 41.4 Å². The molecular formula is C10H18N4O7. The van der Waals surface area contributed by atoms with Crippen molar-refractivity contribution >= 4 is 11.9 Å². The Hall–Kier alpha value is -1.34. The summed E-state index contributed by atoms with van der Waals surface area (Å²) in [4.78, 5) is 15.4. The summed E-state index contributed by atoms with van der Waals surface area (Å²) in [6, 6.07) is 0. The van der Waals surface area contributed by atoms with Gasteiger partial charge >= 0.3 is 0 Å². The molecule has 7 atom stereocenters. The van der Waals surface area contributed by atoms with E-state index >= 15 is 0 Å². The van der Waals surface area contributed by atoms with Crippen molar-refractivity contribution in [2.45, 2.75) is 43.0 Å². The highest BCUT2D eigenvalue weighted by atomic mass is 16.7. The Bertz CT molecular complexity index is 432. The van der Waals surface area contributed by atoms with Gasteiger partial charge in [-0.1, -0.05) is 0 Å². The molecule has 0 aliphatic carbocycles. The molecule has 0 aromatic carbocycles. The maximum atomic E-state index is 11.7. The minimum Gasteiger partial charge on any atom is -0.394 e. The largest absolute Gasteiger partial charge is 0.394 e. The average Bonchev–Trinajstić information content (AvgIpc) is 2.42. The molecule has 1 amide bonds. The lowest BCUT2D eigenvalue weighted by molar-refractivity contribution is -0.309. The second kappa shape index (κ2) is 6.19. The summed E-state index contributed by atoms with van der Waals surface area (Å²) in [6.07, 6.45) is -9.82. The number of carbonyl (C=O) groups is 1. The number of guanidine groups is 1. The molecule has 1 fully saturated rings. The lowest BCUT2D eigenvalue weighted by atomic mass is 9.99. The third kappa shape index (κ3) is 3.13. The fraction of sp³-hybridized carbons (Fsp3) is 0.800. The number of nitrogens with zero attached hydrogens (tertiary/aromatic N) is 1. The van der Waals surface area contributed by atoms with Crippen LogP contribution in [0.3, 0.4) is 0 Å². The predicted molar refractivity (Wildman–Crippen MR) is 66.4 cm³/mol. The molecule has 11 nitrogen and oxygen atoms in total. The van der Waals surface area contributed by atoms with Crippen LogP contribution in [0.4, 0.5) is 0 Å². The van der Waals surface area contributed by atoms with E-state index < -0.39 is 55.5 Å². The quantitative estimate of drug-likeness (QED) is 0.267. The molecule has 2 rings (SSSR count). The van der Waals surface area contributed by atoms with E-state index in [9.17, 15) is 20.1 Å². The van der Waals surface area contributed by atoms with Crippen molar-refractivity contribution in [3.8, 4) is 0 Å². The first kappa shape index (κ1) is 16.0. The topological polar surface area (TPSA) is 193 Å². The summed E-state index contributed by atoms with van der Waals surface area (Å²) in [5.74, 6) is -0.854. The minimum atomic E-state index is -1.63. The van der Waals surface area contributed by atoms with Gasteiger partial charge in [0, 0.05) is 0 Å². The minimum absolute atomic E-state index is 0.166. The number of aliphatic hydroxyl groups is 4. The SMILES string of the molecule is NC1=NC(N)C(O[C@@H]2O[C@H](CO)[C@@H](O)[C@H](O)[C@H]2O)C(=O)N1. The zero-order chi connectivity index (χ0) is 15.7. The van der Waals surface area contributed by atoms with Crippen LogP contribution in [0.25, 0.3) is 0 Å². The lowest BCUT2D eigenvalue weighted by Gasteiger charge is -2.41. The first-order valence-corrected chi connectivity index (χ1v) is 6.21. The van der Waals surface area contributed by atoms with Crippen molar-refractivity contribution in [1.82, 2.24) is 5.32 Å². The van der Waals surface area contributed by atoms with Crippen LogP contribution in [0.1, 0.15) is 0 Å². The van der Waals surface area contributed by atoms with Gasteiger partial charge in [0.2, 0.25) is 0 Å². The maximum absolute atomic E-state index is 11.7. The molecule has 0 bridgehead atoms. The molecule has 0 spiro atoms. The van der Waals surface area contributed by atoms with Crippen LogP contribution in [0, 0.1) is 0 Å². The molecule has 1 saturated heterocycles. The molecule has 11 heteroatoms. The molecule has 0 aromatic rings. The number of amides is 1. The summed E-state index contributed by atoms with van der Waals surface area (Å²) >= 11 is 0. The van der Waals surface area contributed by atoms with Crippen molar-refractivity contribution in [1.29, 1.82) is 0 Å². The molecule has 21 heavy (non-hydrogen) atoms. The van der Waals surface area contributed by atoms with Crippen molar-refractivity contribution in [3.63, 3.8) is 0 Å². The van der Waals surface area contributed by atoms with Gasteiger partial charge in [0.05, 0.1) is 6.61 Å². The zero-order valence-corrected chi connectivity index (χ0v) is 10.9. The Labute approximate surface area is 119 Å². The van der Waals surface area contributed by atoms with E-state index in [1.165, 1.54) is 0 Å². The van der Waals surface area contributed by atoms with Crippen LogP contribution in [-0.2, 0) is 14.3 Å². The predicted octanol–water partition coefficient (Wildman–Crippen LogP) is -5.10. The van der Waals surface area contributed by atoms with Gasteiger partial charge in [-0.25, -0.2) is 4.99 Å². The molecule has 2 heterocycles. The second-order valence-corrected chi connectivity index (χ2v) is 4.75. The summed E-state index contributed by atoms with van der Waals surface area (Å²) in [7, 11) is 0. The Morgan fingerprint density at radius 2 is 1.95 bits per heavy atom. The van der Waals surface area contributed by atoms with Gasteiger partial charge in [0.15, 0.2) is 18.4 Å². The van der Waals surface area contributed by atoms with Gasteiger partial charge in [-0.15, -0.1) is 0 Å². The number of rotatable bonds is 3. The summed E-state index contributed by atoms with van der Waals surface area (Å²) in [5, 5.41) is 40.3. The van der Waals surface area contributed by atoms with E-state index in [2.05, 4.69) is 10.3 Å². The molecule has 0 aromatic heterocycles. The first-order valence-electron chi connectivity index (χ1n) is 6.21. The first-order chi connectivity index (χ1) is 9.85. The van der Waals surface area contributed by atoms with Gasteiger partial charge in [0.1, 0.15) is 30.6 Å². The van der Waals surface area contributed by atoms with E-state index in [1.54, 1.807) is 0 Å². The van der Waals surface area contributed by atoms with Crippen LogP contribution in [0.2, 0.25) is 0 Å². The highest BCUT2D eigenvalue weighted by Gasteiger charge is 2.46. The second-order valence-electron chi connectivity index (χ2n) is 4.75. The van der Waals surface area contributed by atoms with Crippen LogP contribution < -0.4 is 16.8 Å². The molecule has 0 saturated carbocycles. The van der Waals surface area contributed by atoms with E-state index in [4.69, 9.17) is 26.0 Å².